The maximum atomic E-state index is 13.4. The monoisotopic (exact) mass is 411 g/mol. The van der Waals surface area contributed by atoms with Crippen molar-refractivity contribution in [3.05, 3.63) is 60.0 Å². The molecule has 1 aromatic heterocycles. The lowest BCUT2D eigenvalue weighted by Gasteiger charge is -2.09. The second kappa shape index (κ2) is 9.43. The van der Waals surface area contributed by atoms with Crippen LogP contribution < -0.4 is 14.8 Å². The number of carbonyl (C=O) groups is 1. The van der Waals surface area contributed by atoms with E-state index in [1.165, 1.54) is 16.8 Å². The predicted octanol–water partition coefficient (Wildman–Crippen LogP) is 4.47. The number of carbonyl (C=O) groups excluding carboxylic acids is 1. The molecular formula is C23H26FN3O3. The zero-order valence-electron chi connectivity index (χ0n) is 17.6. The van der Waals surface area contributed by atoms with Gasteiger partial charge < -0.3 is 14.8 Å². The van der Waals surface area contributed by atoms with E-state index < -0.39 is 0 Å². The molecular weight excluding hydrogens is 385 g/mol. The number of amides is 1. The molecule has 0 unspecified atom stereocenters. The van der Waals surface area contributed by atoms with Gasteiger partial charge in [-0.15, -0.1) is 0 Å². The van der Waals surface area contributed by atoms with Crippen LogP contribution in [0.5, 0.6) is 11.5 Å². The molecule has 0 bridgehead atoms. The quantitative estimate of drug-likeness (QED) is 0.594. The number of hydrogen-bond acceptors (Lipinski definition) is 4. The Morgan fingerprint density at radius 2 is 1.83 bits per heavy atom. The molecule has 158 valence electrons. The summed E-state index contributed by atoms with van der Waals surface area (Å²) in [5.74, 6) is 1.11. The van der Waals surface area contributed by atoms with Gasteiger partial charge in [0.05, 0.1) is 25.6 Å². The highest BCUT2D eigenvalue weighted by Crippen LogP contribution is 2.33. The maximum absolute atomic E-state index is 13.4. The lowest BCUT2D eigenvalue weighted by molar-refractivity contribution is 0.0944. The third kappa shape index (κ3) is 4.79. The Labute approximate surface area is 175 Å². The normalized spacial score (nSPS) is 10.9. The predicted molar refractivity (Wildman–Crippen MR) is 114 cm³/mol. The molecule has 3 rings (SSSR count). The van der Waals surface area contributed by atoms with E-state index in [-0.39, 0.29) is 11.7 Å². The lowest BCUT2D eigenvalue weighted by atomic mass is 10.1. The van der Waals surface area contributed by atoms with Crippen molar-refractivity contribution < 1.29 is 18.7 Å². The number of ether oxygens (including phenoxy) is 2. The Morgan fingerprint density at radius 1 is 1.10 bits per heavy atom. The minimum Gasteiger partial charge on any atom is -0.497 e. The van der Waals surface area contributed by atoms with E-state index in [0.29, 0.717) is 41.0 Å². The third-order valence-corrected chi connectivity index (χ3v) is 4.71. The number of methoxy groups -OCH3 is 2. The van der Waals surface area contributed by atoms with Gasteiger partial charge in [0.25, 0.3) is 5.91 Å². The molecule has 0 fully saturated rings. The molecule has 2 aromatic carbocycles. The maximum Gasteiger partial charge on any atom is 0.270 e. The Kier molecular flexibility index (Phi) is 6.72. The van der Waals surface area contributed by atoms with Gasteiger partial charge in [0.2, 0.25) is 0 Å². The zero-order chi connectivity index (χ0) is 21.7. The fraction of sp³-hybridized carbons (Fsp3) is 0.304. The van der Waals surface area contributed by atoms with E-state index in [1.807, 2.05) is 6.07 Å². The fourth-order valence-electron chi connectivity index (χ4n) is 3.03. The molecule has 0 aliphatic carbocycles. The first-order valence-corrected chi connectivity index (χ1v) is 9.79. The first-order valence-electron chi connectivity index (χ1n) is 9.79. The Hall–Kier alpha value is -3.35. The van der Waals surface area contributed by atoms with Gasteiger partial charge in [0, 0.05) is 18.2 Å². The van der Waals surface area contributed by atoms with Gasteiger partial charge in [0.15, 0.2) is 0 Å². The van der Waals surface area contributed by atoms with Gasteiger partial charge in [0.1, 0.15) is 23.0 Å². The molecule has 1 amide bonds. The number of benzene rings is 2. The Morgan fingerprint density at radius 3 is 2.47 bits per heavy atom. The molecule has 3 aromatic rings. The van der Waals surface area contributed by atoms with Crippen LogP contribution in [0.2, 0.25) is 0 Å². The van der Waals surface area contributed by atoms with Gasteiger partial charge >= 0.3 is 0 Å². The van der Waals surface area contributed by atoms with E-state index in [0.717, 1.165) is 12.0 Å². The Balaban J connectivity index is 2.04. The zero-order valence-corrected chi connectivity index (χ0v) is 17.6. The van der Waals surface area contributed by atoms with Gasteiger partial charge in [-0.2, -0.15) is 5.10 Å². The summed E-state index contributed by atoms with van der Waals surface area (Å²) in [7, 11) is 3.14. The van der Waals surface area contributed by atoms with Crippen molar-refractivity contribution in [2.75, 3.05) is 20.8 Å². The van der Waals surface area contributed by atoms with E-state index in [4.69, 9.17) is 9.47 Å². The summed E-state index contributed by atoms with van der Waals surface area (Å²) < 4.78 is 25.7. The summed E-state index contributed by atoms with van der Waals surface area (Å²) in [6, 6.07) is 12.9. The summed E-state index contributed by atoms with van der Waals surface area (Å²) in [4.78, 5) is 12.9. The lowest BCUT2D eigenvalue weighted by Crippen LogP contribution is -2.27. The highest BCUT2D eigenvalue weighted by atomic mass is 19.1. The van der Waals surface area contributed by atoms with E-state index in [2.05, 4.69) is 24.3 Å². The molecule has 0 atom stereocenters. The molecule has 1 heterocycles. The van der Waals surface area contributed by atoms with Gasteiger partial charge in [-0.1, -0.05) is 13.8 Å². The molecule has 0 spiro atoms. The summed E-state index contributed by atoms with van der Waals surface area (Å²) >= 11 is 0. The van der Waals surface area contributed by atoms with E-state index in [1.54, 1.807) is 44.6 Å². The van der Waals surface area contributed by atoms with Gasteiger partial charge in [-0.3, -0.25) is 4.79 Å². The molecule has 30 heavy (non-hydrogen) atoms. The van der Waals surface area contributed by atoms with Crippen LogP contribution in [0.15, 0.2) is 48.5 Å². The van der Waals surface area contributed by atoms with Crippen molar-refractivity contribution in [2.24, 2.45) is 5.92 Å². The number of rotatable bonds is 8. The van der Waals surface area contributed by atoms with Crippen LogP contribution in [0, 0.1) is 11.7 Å². The highest BCUT2D eigenvalue weighted by Gasteiger charge is 2.20. The number of halogens is 1. The van der Waals surface area contributed by atoms with Crippen molar-refractivity contribution in [1.82, 2.24) is 15.1 Å². The standard InChI is InChI=1S/C23H26FN3O3/c1-15(2)11-12-25-23(28)21-14-20(19-10-9-18(29-3)13-22(19)30-4)26-27(21)17-7-5-16(24)6-8-17/h5-10,13-15H,11-12H2,1-4H3,(H,25,28). The number of hydrogen-bond donors (Lipinski definition) is 1. The average molecular weight is 411 g/mol. The molecule has 0 aliphatic rings. The van der Waals surface area contributed by atoms with Crippen LogP contribution in [0.4, 0.5) is 4.39 Å². The topological polar surface area (TPSA) is 65.4 Å². The summed E-state index contributed by atoms with van der Waals surface area (Å²) in [5, 5.41) is 7.56. The van der Waals surface area contributed by atoms with Crippen molar-refractivity contribution >= 4 is 5.91 Å². The minimum absolute atomic E-state index is 0.244. The molecule has 7 heteroatoms. The van der Waals surface area contributed by atoms with Gasteiger partial charge in [-0.25, -0.2) is 9.07 Å². The summed E-state index contributed by atoms with van der Waals surface area (Å²) in [6.45, 7) is 4.76. The van der Waals surface area contributed by atoms with E-state index >= 15 is 0 Å². The van der Waals surface area contributed by atoms with Crippen molar-refractivity contribution in [3.63, 3.8) is 0 Å². The average Bonchev–Trinajstić information content (AvgIpc) is 3.18. The second-order valence-corrected chi connectivity index (χ2v) is 7.31. The summed E-state index contributed by atoms with van der Waals surface area (Å²) in [5.41, 5.74) is 2.23. The SMILES string of the molecule is COc1ccc(-c2cc(C(=O)NCCC(C)C)n(-c3ccc(F)cc3)n2)c(OC)c1. The van der Waals surface area contributed by atoms with Crippen molar-refractivity contribution in [2.45, 2.75) is 20.3 Å². The van der Waals surface area contributed by atoms with Crippen LogP contribution in [-0.2, 0) is 0 Å². The Bertz CT molecular complexity index is 1010. The molecule has 0 saturated carbocycles. The first-order chi connectivity index (χ1) is 14.4. The van der Waals surface area contributed by atoms with Crippen molar-refractivity contribution in [1.29, 1.82) is 0 Å². The smallest absolute Gasteiger partial charge is 0.270 e. The minimum atomic E-state index is -0.356. The fourth-order valence-corrected chi connectivity index (χ4v) is 3.03. The van der Waals surface area contributed by atoms with Crippen LogP contribution >= 0.6 is 0 Å². The van der Waals surface area contributed by atoms with Crippen LogP contribution in [0.3, 0.4) is 0 Å². The highest BCUT2D eigenvalue weighted by molar-refractivity contribution is 5.94. The molecule has 0 aliphatic heterocycles. The third-order valence-electron chi connectivity index (χ3n) is 4.71. The van der Waals surface area contributed by atoms with E-state index in [9.17, 15) is 9.18 Å². The molecule has 1 N–H and O–H groups in total. The molecule has 6 nitrogen and oxygen atoms in total. The number of aromatic nitrogens is 2. The first kappa shape index (κ1) is 21.4. The van der Waals surface area contributed by atoms with Gasteiger partial charge in [-0.05, 0) is 54.8 Å². The van der Waals surface area contributed by atoms with Crippen LogP contribution in [0.1, 0.15) is 30.8 Å². The largest absolute Gasteiger partial charge is 0.497 e. The van der Waals surface area contributed by atoms with Crippen LogP contribution in [-0.4, -0.2) is 36.5 Å². The van der Waals surface area contributed by atoms with Crippen molar-refractivity contribution in [3.8, 4) is 28.4 Å². The molecule has 0 saturated heterocycles. The number of nitrogens with one attached hydrogen (secondary N) is 1. The van der Waals surface area contributed by atoms with Crippen LogP contribution in [0.25, 0.3) is 16.9 Å². The molecule has 0 radical (unpaired) electrons. The second-order valence-electron chi connectivity index (χ2n) is 7.31. The summed E-state index contributed by atoms with van der Waals surface area (Å²) in [6.07, 6.45) is 0.871. The number of nitrogens with zero attached hydrogens (tertiary/aromatic N) is 2.